The van der Waals surface area contributed by atoms with Crippen LogP contribution in [0.1, 0.15) is 21.7 Å². The van der Waals surface area contributed by atoms with E-state index in [2.05, 4.69) is 21.2 Å². The van der Waals surface area contributed by atoms with Crippen molar-refractivity contribution in [1.29, 1.82) is 0 Å². The van der Waals surface area contributed by atoms with Gasteiger partial charge in [0.05, 0.1) is 6.26 Å². The first-order valence-corrected chi connectivity index (χ1v) is 5.99. The molecule has 1 amide bonds. The Morgan fingerprint density at radius 3 is 2.47 bits per heavy atom. The molecule has 0 saturated carbocycles. The molecule has 0 atom stereocenters. The van der Waals surface area contributed by atoms with Crippen molar-refractivity contribution in [1.82, 2.24) is 0 Å². The highest BCUT2D eigenvalue weighted by molar-refractivity contribution is 9.10. The van der Waals surface area contributed by atoms with Crippen LogP contribution in [0.15, 0.2) is 39.4 Å². The minimum atomic E-state index is -0.233. The number of aryl methyl sites for hydroxylation is 2. The lowest BCUT2D eigenvalue weighted by Gasteiger charge is -2.11. The average molecular weight is 294 g/mol. The predicted octanol–water partition coefficient (Wildman–Crippen LogP) is 3.91. The van der Waals surface area contributed by atoms with E-state index in [1.165, 1.54) is 6.26 Å². The van der Waals surface area contributed by atoms with Crippen molar-refractivity contribution in [3.8, 4) is 0 Å². The number of carbonyl (C=O) groups is 1. The number of hydrogen-bond acceptors (Lipinski definition) is 2. The second-order valence-corrected chi connectivity index (χ2v) is 4.76. The third kappa shape index (κ3) is 2.58. The molecule has 2 aromatic rings. The topological polar surface area (TPSA) is 42.2 Å². The van der Waals surface area contributed by atoms with Crippen molar-refractivity contribution >= 4 is 27.5 Å². The summed E-state index contributed by atoms with van der Waals surface area (Å²) in [6, 6.07) is 7.25. The Kier molecular flexibility index (Phi) is 3.33. The molecule has 0 fully saturated rings. The fourth-order valence-corrected chi connectivity index (χ4v) is 2.38. The van der Waals surface area contributed by atoms with Crippen molar-refractivity contribution in [2.24, 2.45) is 0 Å². The van der Waals surface area contributed by atoms with Gasteiger partial charge in [0.25, 0.3) is 5.91 Å². The molecule has 0 aliphatic carbocycles. The summed E-state index contributed by atoms with van der Waals surface area (Å²) in [5, 5.41) is 2.85. The molecule has 0 unspecified atom stereocenters. The smallest absolute Gasteiger partial charge is 0.291 e. The number of halogens is 1. The maximum atomic E-state index is 11.8. The number of amides is 1. The lowest BCUT2D eigenvalue weighted by molar-refractivity contribution is 0.0996. The molecule has 1 aromatic heterocycles. The fraction of sp³-hybridized carbons (Fsp3) is 0.154. The van der Waals surface area contributed by atoms with Gasteiger partial charge in [-0.25, -0.2) is 0 Å². The van der Waals surface area contributed by atoms with Crippen molar-refractivity contribution in [3.05, 3.63) is 51.9 Å². The van der Waals surface area contributed by atoms with E-state index >= 15 is 0 Å². The molecule has 0 saturated heterocycles. The van der Waals surface area contributed by atoms with Gasteiger partial charge in [0, 0.05) is 10.2 Å². The molecule has 2 rings (SSSR count). The Hall–Kier alpha value is -1.55. The highest BCUT2D eigenvalue weighted by atomic mass is 79.9. The van der Waals surface area contributed by atoms with Crippen molar-refractivity contribution < 1.29 is 9.21 Å². The van der Waals surface area contributed by atoms with E-state index in [-0.39, 0.29) is 5.91 Å². The van der Waals surface area contributed by atoms with Crippen LogP contribution in [-0.4, -0.2) is 5.91 Å². The fourth-order valence-electron chi connectivity index (χ4n) is 1.69. The molecule has 88 valence electrons. The van der Waals surface area contributed by atoms with E-state index < -0.39 is 0 Å². The molecule has 17 heavy (non-hydrogen) atoms. The molecular weight excluding hydrogens is 282 g/mol. The summed E-state index contributed by atoms with van der Waals surface area (Å²) in [6.07, 6.45) is 1.48. The predicted molar refractivity (Wildman–Crippen MR) is 70.3 cm³/mol. The van der Waals surface area contributed by atoms with Crippen molar-refractivity contribution in [3.63, 3.8) is 0 Å². The molecule has 0 aliphatic rings. The van der Waals surface area contributed by atoms with E-state index in [1.54, 1.807) is 12.1 Å². The number of anilines is 1. The molecule has 3 nitrogen and oxygen atoms in total. The molecule has 0 radical (unpaired) electrons. The zero-order valence-corrected chi connectivity index (χ0v) is 11.2. The van der Waals surface area contributed by atoms with E-state index in [0.717, 1.165) is 21.3 Å². The van der Waals surface area contributed by atoms with Crippen LogP contribution >= 0.6 is 15.9 Å². The van der Waals surface area contributed by atoms with Crippen LogP contribution in [0, 0.1) is 13.8 Å². The van der Waals surface area contributed by atoms with E-state index in [0.29, 0.717) is 5.76 Å². The highest BCUT2D eigenvalue weighted by Gasteiger charge is 2.12. The van der Waals surface area contributed by atoms with Crippen LogP contribution in [0.5, 0.6) is 0 Å². The van der Waals surface area contributed by atoms with Gasteiger partial charge in [-0.05, 0) is 49.2 Å². The van der Waals surface area contributed by atoms with Gasteiger partial charge in [-0.3, -0.25) is 4.79 Å². The second kappa shape index (κ2) is 4.75. The normalized spacial score (nSPS) is 10.3. The standard InChI is InChI=1S/C13H12BrNO2/c1-8-6-10(14)7-9(2)12(8)15-13(16)11-4-3-5-17-11/h3-7H,1-2H3,(H,15,16). The van der Waals surface area contributed by atoms with Crippen LogP contribution in [0.3, 0.4) is 0 Å². The van der Waals surface area contributed by atoms with Gasteiger partial charge in [-0.15, -0.1) is 0 Å². The summed E-state index contributed by atoms with van der Waals surface area (Å²) in [5.41, 5.74) is 2.85. The largest absolute Gasteiger partial charge is 0.459 e. The van der Waals surface area contributed by atoms with Gasteiger partial charge in [0.15, 0.2) is 5.76 Å². The van der Waals surface area contributed by atoms with Gasteiger partial charge in [-0.1, -0.05) is 15.9 Å². The van der Waals surface area contributed by atoms with Crippen LogP contribution in [0.25, 0.3) is 0 Å². The van der Waals surface area contributed by atoms with Gasteiger partial charge >= 0.3 is 0 Å². The maximum absolute atomic E-state index is 11.8. The van der Waals surface area contributed by atoms with E-state index in [9.17, 15) is 4.79 Å². The Bertz CT molecular complexity index is 524. The summed E-state index contributed by atoms with van der Waals surface area (Å²) in [6.45, 7) is 3.91. The first-order valence-electron chi connectivity index (χ1n) is 5.19. The zero-order valence-electron chi connectivity index (χ0n) is 9.58. The Balaban J connectivity index is 2.28. The van der Waals surface area contributed by atoms with E-state index in [4.69, 9.17) is 4.42 Å². The molecule has 4 heteroatoms. The minimum Gasteiger partial charge on any atom is -0.459 e. The summed E-state index contributed by atoms with van der Waals surface area (Å²) >= 11 is 3.42. The number of furan rings is 1. The third-order valence-electron chi connectivity index (χ3n) is 2.48. The summed E-state index contributed by atoms with van der Waals surface area (Å²) < 4.78 is 6.05. The molecule has 0 spiro atoms. The summed E-state index contributed by atoms with van der Waals surface area (Å²) in [7, 11) is 0. The average Bonchev–Trinajstić information content (AvgIpc) is 2.76. The third-order valence-corrected chi connectivity index (χ3v) is 2.94. The highest BCUT2D eigenvalue weighted by Crippen LogP contribution is 2.25. The molecule has 1 heterocycles. The van der Waals surface area contributed by atoms with Crippen LogP contribution in [0.4, 0.5) is 5.69 Å². The van der Waals surface area contributed by atoms with Gasteiger partial charge in [0.1, 0.15) is 0 Å². The first kappa shape index (κ1) is 11.9. The van der Waals surface area contributed by atoms with Crippen LogP contribution in [0.2, 0.25) is 0 Å². The molecule has 0 aliphatic heterocycles. The van der Waals surface area contributed by atoms with E-state index in [1.807, 2.05) is 26.0 Å². The molecule has 1 N–H and O–H groups in total. The Morgan fingerprint density at radius 1 is 1.29 bits per heavy atom. The Morgan fingerprint density at radius 2 is 1.94 bits per heavy atom. The van der Waals surface area contributed by atoms with Crippen LogP contribution < -0.4 is 5.32 Å². The minimum absolute atomic E-state index is 0.233. The molecule has 1 aromatic carbocycles. The lowest BCUT2D eigenvalue weighted by atomic mass is 10.1. The first-order chi connectivity index (χ1) is 8.08. The SMILES string of the molecule is Cc1cc(Br)cc(C)c1NC(=O)c1ccco1. The summed E-state index contributed by atoms with van der Waals surface area (Å²) in [4.78, 5) is 11.8. The number of hydrogen-bond donors (Lipinski definition) is 1. The number of rotatable bonds is 2. The Labute approximate surface area is 108 Å². The molecular formula is C13H12BrNO2. The number of carbonyl (C=O) groups excluding carboxylic acids is 1. The van der Waals surface area contributed by atoms with Gasteiger partial charge in [0.2, 0.25) is 0 Å². The van der Waals surface area contributed by atoms with Crippen LogP contribution in [-0.2, 0) is 0 Å². The zero-order chi connectivity index (χ0) is 12.4. The van der Waals surface area contributed by atoms with Crippen molar-refractivity contribution in [2.75, 3.05) is 5.32 Å². The lowest BCUT2D eigenvalue weighted by Crippen LogP contribution is -2.12. The van der Waals surface area contributed by atoms with Crippen molar-refractivity contribution in [2.45, 2.75) is 13.8 Å². The quantitative estimate of drug-likeness (QED) is 0.912. The monoisotopic (exact) mass is 293 g/mol. The maximum Gasteiger partial charge on any atom is 0.291 e. The van der Waals surface area contributed by atoms with Gasteiger partial charge < -0.3 is 9.73 Å². The molecule has 0 bridgehead atoms. The summed E-state index contributed by atoms with van der Waals surface area (Å²) in [5.74, 6) is 0.0789. The number of benzene rings is 1. The number of nitrogens with one attached hydrogen (secondary N) is 1. The second-order valence-electron chi connectivity index (χ2n) is 3.85. The van der Waals surface area contributed by atoms with Gasteiger partial charge in [-0.2, -0.15) is 0 Å².